The summed E-state index contributed by atoms with van der Waals surface area (Å²) in [7, 11) is 0. The Labute approximate surface area is 143 Å². The molecule has 110 valence electrons. The van der Waals surface area contributed by atoms with E-state index in [0.29, 0.717) is 10.6 Å². The number of hydrogen-bond donors (Lipinski definition) is 2. The summed E-state index contributed by atoms with van der Waals surface area (Å²) < 4.78 is 0.908. The van der Waals surface area contributed by atoms with Gasteiger partial charge >= 0.3 is 0 Å². The molecule has 2 rings (SSSR count). The van der Waals surface area contributed by atoms with E-state index in [0.717, 1.165) is 27.1 Å². The smallest absolute Gasteiger partial charge is 0.257 e. The quantitative estimate of drug-likeness (QED) is 0.696. The van der Waals surface area contributed by atoms with Gasteiger partial charge in [0, 0.05) is 20.8 Å². The molecule has 0 spiro atoms. The zero-order chi connectivity index (χ0) is 15.4. The predicted octanol–water partition coefficient (Wildman–Crippen LogP) is 4.94. The number of carbonyl (C=O) groups is 1. The van der Waals surface area contributed by atoms with Crippen molar-refractivity contribution < 1.29 is 4.79 Å². The van der Waals surface area contributed by atoms with Crippen LogP contribution in [-0.4, -0.2) is 12.5 Å². The Morgan fingerprint density at radius 2 is 1.95 bits per heavy atom. The predicted molar refractivity (Wildman–Crippen MR) is 97.5 cm³/mol. The fourth-order valence-electron chi connectivity index (χ4n) is 1.97. The number of nitrogens with one attached hydrogen (secondary N) is 2. The molecule has 1 amide bonds. The van der Waals surface area contributed by atoms with Crippen molar-refractivity contribution in [2.45, 2.75) is 13.8 Å². The summed E-state index contributed by atoms with van der Waals surface area (Å²) in [6.45, 7) is 4.78. The highest BCUT2D eigenvalue weighted by atomic mass is 127. The van der Waals surface area contributed by atoms with Gasteiger partial charge in [0.1, 0.15) is 0 Å². The maximum Gasteiger partial charge on any atom is 0.257 e. The number of rotatable bonds is 4. The number of aryl methyl sites for hydroxylation is 1. The summed E-state index contributed by atoms with van der Waals surface area (Å²) in [5.74, 6) is -0.133. The van der Waals surface area contributed by atoms with E-state index in [1.54, 1.807) is 6.07 Å². The Morgan fingerprint density at radius 3 is 2.62 bits per heavy atom. The minimum Gasteiger partial charge on any atom is -0.385 e. The van der Waals surface area contributed by atoms with Crippen LogP contribution >= 0.6 is 34.2 Å². The normalized spacial score (nSPS) is 10.3. The van der Waals surface area contributed by atoms with Crippen LogP contribution < -0.4 is 10.6 Å². The Morgan fingerprint density at radius 1 is 1.19 bits per heavy atom. The molecule has 0 saturated heterocycles. The number of halogens is 2. The summed E-state index contributed by atoms with van der Waals surface area (Å²) in [4.78, 5) is 12.5. The molecule has 0 unspecified atom stereocenters. The molecule has 0 atom stereocenters. The van der Waals surface area contributed by atoms with E-state index in [1.165, 1.54) is 0 Å². The molecular weight excluding hydrogens is 399 g/mol. The molecule has 0 aliphatic heterocycles. The average Bonchev–Trinajstić information content (AvgIpc) is 2.42. The van der Waals surface area contributed by atoms with Crippen molar-refractivity contribution in [2.24, 2.45) is 0 Å². The summed E-state index contributed by atoms with van der Waals surface area (Å²) >= 11 is 8.08. The second kappa shape index (κ2) is 7.13. The maximum absolute atomic E-state index is 12.5. The molecule has 0 bridgehead atoms. The van der Waals surface area contributed by atoms with Gasteiger partial charge in [0.25, 0.3) is 5.91 Å². The van der Waals surface area contributed by atoms with Crippen LogP contribution in [0.1, 0.15) is 22.8 Å². The standard InChI is InChI=1S/C16H16ClIN2O/c1-3-19-15-8-10(2)4-6-12(15)16(21)20-14-7-5-11(17)9-13(14)18/h4-9,19H,3H2,1-2H3,(H,20,21). The van der Waals surface area contributed by atoms with Crippen molar-refractivity contribution in [3.63, 3.8) is 0 Å². The fraction of sp³-hybridized carbons (Fsp3) is 0.188. The summed E-state index contributed by atoms with van der Waals surface area (Å²) in [6.07, 6.45) is 0. The van der Waals surface area contributed by atoms with Crippen molar-refractivity contribution in [3.05, 3.63) is 56.1 Å². The Bertz CT molecular complexity index is 673. The van der Waals surface area contributed by atoms with Crippen LogP contribution in [-0.2, 0) is 0 Å². The topological polar surface area (TPSA) is 41.1 Å². The van der Waals surface area contributed by atoms with Gasteiger partial charge in [-0.25, -0.2) is 0 Å². The molecule has 0 aliphatic rings. The average molecular weight is 415 g/mol. The number of benzene rings is 2. The van der Waals surface area contributed by atoms with Crippen LogP contribution in [0.3, 0.4) is 0 Å². The van der Waals surface area contributed by atoms with E-state index in [9.17, 15) is 4.79 Å². The first-order valence-corrected chi connectivity index (χ1v) is 8.08. The van der Waals surface area contributed by atoms with E-state index in [2.05, 4.69) is 33.2 Å². The number of anilines is 2. The van der Waals surface area contributed by atoms with Gasteiger partial charge in [-0.2, -0.15) is 0 Å². The van der Waals surface area contributed by atoms with Crippen LogP contribution in [0.2, 0.25) is 5.02 Å². The highest BCUT2D eigenvalue weighted by Crippen LogP contribution is 2.24. The number of amides is 1. The van der Waals surface area contributed by atoms with E-state index in [1.807, 2.05) is 44.2 Å². The summed E-state index contributed by atoms with van der Waals surface area (Å²) in [5, 5.41) is 6.80. The van der Waals surface area contributed by atoms with Crippen molar-refractivity contribution in [3.8, 4) is 0 Å². The van der Waals surface area contributed by atoms with E-state index >= 15 is 0 Å². The molecule has 0 radical (unpaired) electrons. The third kappa shape index (κ3) is 4.11. The molecule has 3 nitrogen and oxygen atoms in total. The lowest BCUT2D eigenvalue weighted by Gasteiger charge is -2.13. The lowest BCUT2D eigenvalue weighted by molar-refractivity contribution is 0.102. The van der Waals surface area contributed by atoms with Gasteiger partial charge < -0.3 is 10.6 Å². The van der Waals surface area contributed by atoms with Gasteiger partial charge in [-0.15, -0.1) is 0 Å². The monoisotopic (exact) mass is 414 g/mol. The Hall–Kier alpha value is -1.27. The zero-order valence-electron chi connectivity index (χ0n) is 11.8. The third-order valence-corrected chi connectivity index (χ3v) is 4.09. The van der Waals surface area contributed by atoms with Crippen molar-refractivity contribution in [2.75, 3.05) is 17.2 Å². The van der Waals surface area contributed by atoms with Crippen molar-refractivity contribution in [1.82, 2.24) is 0 Å². The third-order valence-electron chi connectivity index (χ3n) is 2.97. The number of carbonyl (C=O) groups excluding carboxylic acids is 1. The molecule has 0 aromatic heterocycles. The molecule has 5 heteroatoms. The number of hydrogen-bond acceptors (Lipinski definition) is 2. The lowest BCUT2D eigenvalue weighted by Crippen LogP contribution is -2.15. The second-order valence-corrected chi connectivity index (χ2v) is 6.26. The summed E-state index contributed by atoms with van der Waals surface area (Å²) in [6, 6.07) is 11.1. The van der Waals surface area contributed by atoms with E-state index in [-0.39, 0.29) is 5.91 Å². The Kier molecular flexibility index (Phi) is 5.47. The van der Waals surface area contributed by atoms with Crippen LogP contribution in [0.4, 0.5) is 11.4 Å². The molecule has 2 N–H and O–H groups in total. The molecular formula is C16H16ClIN2O. The molecule has 21 heavy (non-hydrogen) atoms. The highest BCUT2D eigenvalue weighted by Gasteiger charge is 2.13. The molecule has 0 fully saturated rings. The largest absolute Gasteiger partial charge is 0.385 e. The first-order chi connectivity index (χ1) is 10.0. The van der Waals surface area contributed by atoms with Gasteiger partial charge in [-0.3, -0.25) is 4.79 Å². The lowest BCUT2D eigenvalue weighted by atomic mass is 10.1. The van der Waals surface area contributed by atoms with Crippen LogP contribution in [0.15, 0.2) is 36.4 Å². The summed E-state index contributed by atoms with van der Waals surface area (Å²) in [5.41, 5.74) is 3.35. The van der Waals surface area contributed by atoms with Crippen LogP contribution in [0.5, 0.6) is 0 Å². The fourth-order valence-corrected chi connectivity index (χ4v) is 2.98. The van der Waals surface area contributed by atoms with Gasteiger partial charge in [0.15, 0.2) is 0 Å². The van der Waals surface area contributed by atoms with Gasteiger partial charge in [0.05, 0.1) is 11.3 Å². The van der Waals surface area contributed by atoms with Gasteiger partial charge in [-0.1, -0.05) is 17.7 Å². The zero-order valence-corrected chi connectivity index (χ0v) is 14.7. The van der Waals surface area contributed by atoms with E-state index in [4.69, 9.17) is 11.6 Å². The first-order valence-electron chi connectivity index (χ1n) is 6.62. The van der Waals surface area contributed by atoms with Gasteiger partial charge in [0.2, 0.25) is 0 Å². The molecule has 2 aromatic rings. The van der Waals surface area contributed by atoms with Crippen LogP contribution in [0.25, 0.3) is 0 Å². The molecule has 0 saturated carbocycles. The maximum atomic E-state index is 12.5. The first kappa shape index (κ1) is 16.1. The highest BCUT2D eigenvalue weighted by molar-refractivity contribution is 14.1. The molecule has 0 aliphatic carbocycles. The molecule has 0 heterocycles. The Balaban J connectivity index is 2.28. The van der Waals surface area contributed by atoms with Crippen molar-refractivity contribution in [1.29, 1.82) is 0 Å². The minimum absolute atomic E-state index is 0.133. The molecule has 2 aromatic carbocycles. The van der Waals surface area contributed by atoms with Crippen LogP contribution in [0, 0.1) is 10.5 Å². The SMILES string of the molecule is CCNc1cc(C)ccc1C(=O)Nc1ccc(Cl)cc1I. The minimum atomic E-state index is -0.133. The van der Waals surface area contributed by atoms with E-state index < -0.39 is 0 Å². The van der Waals surface area contributed by atoms with Crippen molar-refractivity contribution >= 4 is 51.5 Å². The van der Waals surface area contributed by atoms with Gasteiger partial charge in [-0.05, 0) is 72.3 Å². The second-order valence-electron chi connectivity index (χ2n) is 4.66.